The van der Waals surface area contributed by atoms with E-state index in [4.69, 9.17) is 9.52 Å². The summed E-state index contributed by atoms with van der Waals surface area (Å²) >= 11 is 0. The van der Waals surface area contributed by atoms with Gasteiger partial charge in [-0.3, -0.25) is 0 Å². The van der Waals surface area contributed by atoms with Crippen molar-refractivity contribution in [3.63, 3.8) is 0 Å². The molecule has 5 nitrogen and oxygen atoms in total. The SMILES string of the molecule is O=C(O)c1ccc(N2CCCCC2CO)o1. The van der Waals surface area contributed by atoms with E-state index in [9.17, 15) is 9.90 Å². The Bertz CT molecular complexity index is 374. The van der Waals surface area contributed by atoms with Crippen LogP contribution in [0.2, 0.25) is 0 Å². The molecule has 0 amide bonds. The summed E-state index contributed by atoms with van der Waals surface area (Å²) in [5.74, 6) is -0.586. The molecule has 0 spiro atoms. The number of aromatic carboxylic acids is 1. The fourth-order valence-corrected chi connectivity index (χ4v) is 2.08. The lowest BCUT2D eigenvalue weighted by Gasteiger charge is -2.34. The molecule has 1 aromatic heterocycles. The molecule has 0 saturated carbocycles. The Morgan fingerprint density at radius 3 is 2.94 bits per heavy atom. The Hall–Kier alpha value is -1.49. The number of aliphatic hydroxyl groups is 1. The van der Waals surface area contributed by atoms with Crippen LogP contribution >= 0.6 is 0 Å². The lowest BCUT2D eigenvalue weighted by atomic mass is 10.0. The predicted molar refractivity (Wildman–Crippen MR) is 57.7 cm³/mol. The first-order chi connectivity index (χ1) is 7.72. The van der Waals surface area contributed by atoms with Gasteiger partial charge in [0.15, 0.2) is 5.88 Å². The molecular weight excluding hydrogens is 210 g/mol. The van der Waals surface area contributed by atoms with Gasteiger partial charge in [0.05, 0.1) is 12.6 Å². The third-order valence-corrected chi connectivity index (χ3v) is 2.92. The van der Waals surface area contributed by atoms with Gasteiger partial charge in [0, 0.05) is 12.6 Å². The van der Waals surface area contributed by atoms with Crippen molar-refractivity contribution in [1.82, 2.24) is 0 Å². The Morgan fingerprint density at radius 1 is 1.50 bits per heavy atom. The van der Waals surface area contributed by atoms with Gasteiger partial charge in [0.2, 0.25) is 5.76 Å². The fourth-order valence-electron chi connectivity index (χ4n) is 2.08. The number of nitrogens with zero attached hydrogens (tertiary/aromatic N) is 1. The summed E-state index contributed by atoms with van der Waals surface area (Å²) in [6.45, 7) is 0.876. The molecule has 2 heterocycles. The van der Waals surface area contributed by atoms with Gasteiger partial charge < -0.3 is 19.5 Å². The van der Waals surface area contributed by atoms with E-state index in [2.05, 4.69) is 0 Å². The summed E-state index contributed by atoms with van der Waals surface area (Å²) in [4.78, 5) is 12.6. The summed E-state index contributed by atoms with van der Waals surface area (Å²) in [6.07, 6.45) is 3.05. The van der Waals surface area contributed by atoms with Gasteiger partial charge in [0.1, 0.15) is 0 Å². The third-order valence-electron chi connectivity index (χ3n) is 2.92. The number of carboxylic acids is 1. The van der Waals surface area contributed by atoms with Crippen LogP contribution in [-0.4, -0.2) is 35.4 Å². The van der Waals surface area contributed by atoms with Crippen molar-refractivity contribution in [3.05, 3.63) is 17.9 Å². The van der Waals surface area contributed by atoms with Crippen LogP contribution in [0, 0.1) is 0 Å². The van der Waals surface area contributed by atoms with Crippen molar-refractivity contribution in [2.45, 2.75) is 25.3 Å². The number of piperidine rings is 1. The molecule has 0 bridgehead atoms. The average molecular weight is 225 g/mol. The molecular formula is C11H15NO4. The van der Waals surface area contributed by atoms with Crippen LogP contribution < -0.4 is 4.90 Å². The van der Waals surface area contributed by atoms with Crippen molar-refractivity contribution in [3.8, 4) is 0 Å². The topological polar surface area (TPSA) is 73.9 Å². The monoisotopic (exact) mass is 225 g/mol. The fraction of sp³-hybridized carbons (Fsp3) is 0.545. The second kappa shape index (κ2) is 4.57. The number of rotatable bonds is 3. The molecule has 1 fully saturated rings. The van der Waals surface area contributed by atoms with Crippen molar-refractivity contribution in [1.29, 1.82) is 0 Å². The van der Waals surface area contributed by atoms with Gasteiger partial charge >= 0.3 is 5.97 Å². The van der Waals surface area contributed by atoms with Gasteiger partial charge in [-0.05, 0) is 25.3 Å². The summed E-state index contributed by atoms with van der Waals surface area (Å²) < 4.78 is 5.23. The second-order valence-electron chi connectivity index (χ2n) is 3.97. The van der Waals surface area contributed by atoms with Crippen molar-refractivity contribution in [2.75, 3.05) is 18.1 Å². The summed E-state index contributed by atoms with van der Waals surface area (Å²) in [7, 11) is 0. The Labute approximate surface area is 93.3 Å². The van der Waals surface area contributed by atoms with Gasteiger partial charge in [-0.2, -0.15) is 0 Å². The number of furan rings is 1. The van der Waals surface area contributed by atoms with E-state index in [0.717, 1.165) is 25.8 Å². The Morgan fingerprint density at radius 2 is 2.31 bits per heavy atom. The number of carbonyl (C=O) groups is 1. The first-order valence-electron chi connectivity index (χ1n) is 5.43. The largest absolute Gasteiger partial charge is 0.475 e. The minimum absolute atomic E-state index is 0.0431. The minimum atomic E-state index is -1.07. The summed E-state index contributed by atoms with van der Waals surface area (Å²) in [5, 5.41) is 18.0. The molecule has 1 aliphatic rings. The molecule has 1 aromatic rings. The molecule has 5 heteroatoms. The number of carboxylic acid groups (broad SMARTS) is 1. The zero-order chi connectivity index (χ0) is 11.5. The van der Waals surface area contributed by atoms with Crippen LogP contribution in [0.3, 0.4) is 0 Å². The third kappa shape index (κ3) is 2.04. The maximum Gasteiger partial charge on any atom is 0.371 e. The minimum Gasteiger partial charge on any atom is -0.475 e. The van der Waals surface area contributed by atoms with Crippen molar-refractivity contribution < 1.29 is 19.4 Å². The molecule has 1 unspecified atom stereocenters. The molecule has 1 atom stereocenters. The average Bonchev–Trinajstić information content (AvgIpc) is 2.78. The Kier molecular flexibility index (Phi) is 3.14. The number of hydrogen-bond acceptors (Lipinski definition) is 4. The number of hydrogen-bond donors (Lipinski definition) is 2. The number of anilines is 1. The zero-order valence-corrected chi connectivity index (χ0v) is 8.93. The van der Waals surface area contributed by atoms with E-state index in [1.807, 2.05) is 4.90 Å². The van der Waals surface area contributed by atoms with Crippen LogP contribution in [0.25, 0.3) is 0 Å². The van der Waals surface area contributed by atoms with Gasteiger partial charge in [-0.15, -0.1) is 0 Å². The maximum atomic E-state index is 10.7. The number of aliphatic hydroxyl groups excluding tert-OH is 1. The van der Waals surface area contributed by atoms with E-state index < -0.39 is 5.97 Å². The summed E-state index contributed by atoms with van der Waals surface area (Å²) in [6, 6.07) is 3.14. The first-order valence-corrected chi connectivity index (χ1v) is 5.43. The standard InChI is InChI=1S/C11H15NO4/c13-7-8-3-1-2-6-12(8)10-5-4-9(16-10)11(14)15/h4-5,8,13H,1-3,6-7H2,(H,14,15). The van der Waals surface area contributed by atoms with E-state index >= 15 is 0 Å². The first kappa shape index (κ1) is 11.0. The molecule has 2 N–H and O–H groups in total. The van der Waals surface area contributed by atoms with Gasteiger partial charge in [0.25, 0.3) is 0 Å². The Balaban J connectivity index is 2.17. The quantitative estimate of drug-likeness (QED) is 0.811. The maximum absolute atomic E-state index is 10.7. The van der Waals surface area contributed by atoms with Crippen LogP contribution in [-0.2, 0) is 0 Å². The normalized spacial score (nSPS) is 21.1. The molecule has 0 aromatic carbocycles. The van der Waals surface area contributed by atoms with Crippen LogP contribution in [0.5, 0.6) is 0 Å². The zero-order valence-electron chi connectivity index (χ0n) is 8.93. The summed E-state index contributed by atoms with van der Waals surface area (Å²) in [5.41, 5.74) is 0. The van der Waals surface area contributed by atoms with E-state index in [1.54, 1.807) is 6.07 Å². The van der Waals surface area contributed by atoms with E-state index in [0.29, 0.717) is 5.88 Å². The van der Waals surface area contributed by atoms with E-state index in [1.165, 1.54) is 6.07 Å². The smallest absolute Gasteiger partial charge is 0.371 e. The highest BCUT2D eigenvalue weighted by molar-refractivity contribution is 5.84. The highest BCUT2D eigenvalue weighted by atomic mass is 16.4. The molecule has 0 aliphatic carbocycles. The molecule has 1 saturated heterocycles. The van der Waals surface area contributed by atoms with Crippen LogP contribution in [0.15, 0.2) is 16.5 Å². The lowest BCUT2D eigenvalue weighted by molar-refractivity contribution is 0.0662. The molecule has 0 radical (unpaired) electrons. The molecule has 88 valence electrons. The molecule has 1 aliphatic heterocycles. The van der Waals surface area contributed by atoms with E-state index in [-0.39, 0.29) is 18.4 Å². The van der Waals surface area contributed by atoms with Crippen molar-refractivity contribution >= 4 is 11.9 Å². The predicted octanol–water partition coefficient (Wildman–Crippen LogP) is 1.33. The second-order valence-corrected chi connectivity index (χ2v) is 3.97. The van der Waals surface area contributed by atoms with Crippen molar-refractivity contribution in [2.24, 2.45) is 0 Å². The van der Waals surface area contributed by atoms with Crippen LogP contribution in [0.1, 0.15) is 29.8 Å². The lowest BCUT2D eigenvalue weighted by Crippen LogP contribution is -2.41. The molecule has 2 rings (SSSR count). The molecule has 16 heavy (non-hydrogen) atoms. The highest BCUT2D eigenvalue weighted by Gasteiger charge is 2.24. The van der Waals surface area contributed by atoms with Gasteiger partial charge in [-0.25, -0.2) is 4.79 Å². The van der Waals surface area contributed by atoms with Crippen LogP contribution in [0.4, 0.5) is 5.88 Å². The van der Waals surface area contributed by atoms with Gasteiger partial charge in [-0.1, -0.05) is 0 Å². The highest BCUT2D eigenvalue weighted by Crippen LogP contribution is 2.26.